The van der Waals surface area contributed by atoms with Gasteiger partial charge in [0.25, 0.3) is 0 Å². The highest BCUT2D eigenvalue weighted by atomic mass is 16.6. The van der Waals surface area contributed by atoms with Crippen molar-refractivity contribution in [2.75, 3.05) is 0 Å². The number of carbonyl (C=O) groups is 1. The zero-order valence-corrected chi connectivity index (χ0v) is 10.6. The van der Waals surface area contributed by atoms with Gasteiger partial charge in [0.15, 0.2) is 0 Å². The molecule has 4 nitrogen and oxygen atoms in total. The van der Waals surface area contributed by atoms with E-state index in [4.69, 9.17) is 10.5 Å². The largest absolute Gasteiger partial charge is 0.460 e. The SMILES string of the molecule is CC(C)(C)OC(=O)CCC(N)c1ccncc1. The summed E-state index contributed by atoms with van der Waals surface area (Å²) >= 11 is 0. The van der Waals surface area contributed by atoms with Gasteiger partial charge in [0.1, 0.15) is 5.60 Å². The van der Waals surface area contributed by atoms with E-state index in [-0.39, 0.29) is 12.0 Å². The van der Waals surface area contributed by atoms with Crippen LogP contribution in [-0.4, -0.2) is 16.6 Å². The van der Waals surface area contributed by atoms with E-state index >= 15 is 0 Å². The number of ether oxygens (including phenoxy) is 1. The predicted molar refractivity (Wildman–Crippen MR) is 66.2 cm³/mol. The molecule has 1 aromatic heterocycles. The first-order valence-corrected chi connectivity index (χ1v) is 5.76. The molecular weight excluding hydrogens is 216 g/mol. The lowest BCUT2D eigenvalue weighted by molar-refractivity contribution is -0.155. The van der Waals surface area contributed by atoms with Crippen molar-refractivity contribution in [1.29, 1.82) is 0 Å². The maximum Gasteiger partial charge on any atom is 0.306 e. The molecule has 0 saturated carbocycles. The van der Waals surface area contributed by atoms with Crippen LogP contribution in [0.5, 0.6) is 0 Å². The van der Waals surface area contributed by atoms with Crippen LogP contribution in [0.1, 0.15) is 45.2 Å². The zero-order chi connectivity index (χ0) is 12.9. The second-order valence-electron chi connectivity index (χ2n) is 5.01. The molecule has 1 rings (SSSR count). The first-order valence-electron chi connectivity index (χ1n) is 5.76. The van der Waals surface area contributed by atoms with Crippen LogP contribution in [0.25, 0.3) is 0 Å². The smallest absolute Gasteiger partial charge is 0.306 e. The molecule has 0 amide bonds. The maximum atomic E-state index is 11.5. The summed E-state index contributed by atoms with van der Waals surface area (Å²) in [5.41, 5.74) is 6.53. The Bertz CT molecular complexity index is 357. The van der Waals surface area contributed by atoms with Crippen LogP contribution < -0.4 is 5.73 Å². The summed E-state index contributed by atoms with van der Waals surface area (Å²) in [6.45, 7) is 5.56. The van der Waals surface area contributed by atoms with Crippen LogP contribution in [0, 0.1) is 0 Å². The number of hydrogen-bond acceptors (Lipinski definition) is 4. The molecule has 17 heavy (non-hydrogen) atoms. The normalized spacial score (nSPS) is 13.2. The van der Waals surface area contributed by atoms with Crippen molar-refractivity contribution >= 4 is 5.97 Å². The zero-order valence-electron chi connectivity index (χ0n) is 10.6. The lowest BCUT2D eigenvalue weighted by Crippen LogP contribution is -2.24. The van der Waals surface area contributed by atoms with Crippen LogP contribution in [0.4, 0.5) is 0 Å². The molecule has 0 radical (unpaired) electrons. The Balaban J connectivity index is 2.39. The summed E-state index contributed by atoms with van der Waals surface area (Å²) in [6.07, 6.45) is 4.31. The van der Waals surface area contributed by atoms with Crippen molar-refractivity contribution in [3.63, 3.8) is 0 Å². The van der Waals surface area contributed by atoms with E-state index in [2.05, 4.69) is 4.98 Å². The van der Waals surface area contributed by atoms with E-state index < -0.39 is 5.60 Å². The first kappa shape index (κ1) is 13.6. The van der Waals surface area contributed by atoms with Crippen LogP contribution >= 0.6 is 0 Å². The molecule has 4 heteroatoms. The Morgan fingerprint density at radius 3 is 2.53 bits per heavy atom. The molecule has 1 heterocycles. The monoisotopic (exact) mass is 236 g/mol. The number of hydrogen-bond donors (Lipinski definition) is 1. The highest BCUT2D eigenvalue weighted by molar-refractivity contribution is 5.69. The Hall–Kier alpha value is -1.42. The van der Waals surface area contributed by atoms with E-state index in [1.54, 1.807) is 12.4 Å². The second-order valence-corrected chi connectivity index (χ2v) is 5.01. The topological polar surface area (TPSA) is 65.2 Å². The van der Waals surface area contributed by atoms with Gasteiger partial charge in [-0.05, 0) is 44.9 Å². The summed E-state index contributed by atoms with van der Waals surface area (Å²) in [5.74, 6) is -0.206. The van der Waals surface area contributed by atoms with Gasteiger partial charge >= 0.3 is 5.97 Å². The molecule has 1 unspecified atom stereocenters. The number of nitrogens with two attached hydrogens (primary N) is 1. The Morgan fingerprint density at radius 1 is 1.41 bits per heavy atom. The molecule has 0 spiro atoms. The minimum atomic E-state index is -0.433. The molecule has 0 aromatic carbocycles. The Morgan fingerprint density at radius 2 is 2.00 bits per heavy atom. The molecule has 0 aliphatic rings. The minimum Gasteiger partial charge on any atom is -0.460 e. The van der Waals surface area contributed by atoms with E-state index in [1.807, 2.05) is 32.9 Å². The third kappa shape index (κ3) is 5.45. The maximum absolute atomic E-state index is 11.5. The minimum absolute atomic E-state index is 0.148. The number of esters is 1. The average molecular weight is 236 g/mol. The van der Waals surface area contributed by atoms with E-state index in [9.17, 15) is 4.79 Å². The van der Waals surface area contributed by atoms with Crippen LogP contribution in [0.3, 0.4) is 0 Å². The summed E-state index contributed by atoms with van der Waals surface area (Å²) < 4.78 is 5.22. The lowest BCUT2D eigenvalue weighted by Gasteiger charge is -2.20. The third-order valence-electron chi connectivity index (χ3n) is 2.21. The number of nitrogens with zero attached hydrogens (tertiary/aromatic N) is 1. The third-order valence-corrected chi connectivity index (χ3v) is 2.21. The molecule has 1 aromatic rings. The van der Waals surface area contributed by atoms with Gasteiger partial charge in [-0.1, -0.05) is 0 Å². The van der Waals surface area contributed by atoms with Gasteiger partial charge in [0.2, 0.25) is 0 Å². The fourth-order valence-corrected chi connectivity index (χ4v) is 1.44. The van der Waals surface area contributed by atoms with Crippen molar-refractivity contribution in [2.45, 2.75) is 45.3 Å². The summed E-state index contributed by atoms with van der Waals surface area (Å²) in [5, 5.41) is 0. The number of rotatable bonds is 4. The van der Waals surface area contributed by atoms with Gasteiger partial charge in [0.05, 0.1) is 0 Å². The van der Waals surface area contributed by atoms with Gasteiger partial charge in [-0.3, -0.25) is 9.78 Å². The summed E-state index contributed by atoms with van der Waals surface area (Å²) in [4.78, 5) is 15.4. The summed E-state index contributed by atoms with van der Waals surface area (Å²) in [7, 11) is 0. The van der Waals surface area contributed by atoms with Gasteiger partial charge in [-0.15, -0.1) is 0 Å². The quantitative estimate of drug-likeness (QED) is 0.814. The van der Waals surface area contributed by atoms with Gasteiger partial charge < -0.3 is 10.5 Å². The molecule has 0 fully saturated rings. The van der Waals surface area contributed by atoms with Gasteiger partial charge in [-0.25, -0.2) is 0 Å². The molecule has 0 saturated heterocycles. The summed E-state index contributed by atoms with van der Waals surface area (Å²) in [6, 6.07) is 3.57. The fourth-order valence-electron chi connectivity index (χ4n) is 1.44. The number of carbonyl (C=O) groups excluding carboxylic acids is 1. The highest BCUT2D eigenvalue weighted by Gasteiger charge is 2.17. The van der Waals surface area contributed by atoms with E-state index in [0.29, 0.717) is 12.8 Å². The highest BCUT2D eigenvalue weighted by Crippen LogP contribution is 2.16. The van der Waals surface area contributed by atoms with E-state index in [0.717, 1.165) is 5.56 Å². The van der Waals surface area contributed by atoms with Crippen molar-refractivity contribution in [3.05, 3.63) is 30.1 Å². The van der Waals surface area contributed by atoms with Crippen molar-refractivity contribution in [2.24, 2.45) is 5.73 Å². The molecule has 0 aliphatic heterocycles. The molecule has 2 N–H and O–H groups in total. The fraction of sp³-hybridized carbons (Fsp3) is 0.538. The van der Waals surface area contributed by atoms with Crippen LogP contribution in [-0.2, 0) is 9.53 Å². The van der Waals surface area contributed by atoms with Crippen molar-refractivity contribution < 1.29 is 9.53 Å². The predicted octanol–water partition coefficient (Wildman–Crippen LogP) is 2.20. The van der Waals surface area contributed by atoms with Gasteiger partial charge in [-0.2, -0.15) is 0 Å². The van der Waals surface area contributed by atoms with E-state index in [1.165, 1.54) is 0 Å². The molecule has 94 valence electrons. The number of aromatic nitrogens is 1. The Labute approximate surface area is 102 Å². The standard InChI is InChI=1S/C13H20N2O2/c1-13(2,3)17-12(16)5-4-11(14)10-6-8-15-9-7-10/h6-9,11H,4-5,14H2,1-3H3. The molecule has 0 bridgehead atoms. The van der Waals surface area contributed by atoms with Crippen molar-refractivity contribution in [1.82, 2.24) is 4.98 Å². The van der Waals surface area contributed by atoms with Crippen molar-refractivity contribution in [3.8, 4) is 0 Å². The lowest BCUT2D eigenvalue weighted by atomic mass is 10.0. The molecule has 1 atom stereocenters. The van der Waals surface area contributed by atoms with Crippen LogP contribution in [0.15, 0.2) is 24.5 Å². The Kier molecular flexibility index (Phi) is 4.63. The first-order chi connectivity index (χ1) is 7.88. The molecular formula is C13H20N2O2. The molecule has 0 aliphatic carbocycles. The average Bonchev–Trinajstić information content (AvgIpc) is 2.25. The van der Waals surface area contributed by atoms with Crippen LogP contribution in [0.2, 0.25) is 0 Å². The number of pyridine rings is 1. The second kappa shape index (κ2) is 5.77. The van der Waals surface area contributed by atoms with Gasteiger partial charge in [0, 0.05) is 24.9 Å².